The van der Waals surface area contributed by atoms with Crippen LogP contribution in [0.15, 0.2) is 6.07 Å². The first-order chi connectivity index (χ1) is 6.06. The number of anilines is 1. The van der Waals surface area contributed by atoms with Crippen LogP contribution >= 0.6 is 0 Å². The number of nitrogen functional groups attached to an aromatic ring is 1. The molecule has 1 rings (SSSR count). The van der Waals surface area contributed by atoms with E-state index in [4.69, 9.17) is 10.8 Å². The highest BCUT2D eigenvalue weighted by Gasteiger charge is 2.16. The van der Waals surface area contributed by atoms with E-state index < -0.39 is 12.1 Å². The van der Waals surface area contributed by atoms with Crippen molar-refractivity contribution in [1.29, 1.82) is 0 Å². The maximum absolute atomic E-state index is 12.3. The zero-order valence-electron chi connectivity index (χ0n) is 7.09. The first kappa shape index (κ1) is 9.85. The molecule has 0 aliphatic carbocycles. The molecule has 0 aliphatic rings. The number of nitrogens with zero attached hydrogens (tertiary/aromatic N) is 1. The highest BCUT2D eigenvalue weighted by Crippen LogP contribution is 2.26. The van der Waals surface area contributed by atoms with Gasteiger partial charge in [-0.25, -0.2) is 13.8 Å². The minimum Gasteiger partial charge on any atom is -0.397 e. The molecule has 3 N–H and O–H groups in total. The van der Waals surface area contributed by atoms with Crippen molar-refractivity contribution in [2.24, 2.45) is 0 Å². The summed E-state index contributed by atoms with van der Waals surface area (Å²) in [4.78, 5) is 3.59. The Bertz CT molecular complexity index is 315. The van der Waals surface area contributed by atoms with E-state index in [-0.39, 0.29) is 12.3 Å². The van der Waals surface area contributed by atoms with Crippen LogP contribution in [0.25, 0.3) is 0 Å². The first-order valence-corrected chi connectivity index (χ1v) is 3.71. The second-order valence-corrected chi connectivity index (χ2v) is 2.68. The van der Waals surface area contributed by atoms with Crippen molar-refractivity contribution in [2.75, 3.05) is 5.73 Å². The lowest BCUT2D eigenvalue weighted by Gasteiger charge is -2.08. The molecule has 0 fully saturated rings. The van der Waals surface area contributed by atoms with Gasteiger partial charge in [0.1, 0.15) is 5.69 Å². The van der Waals surface area contributed by atoms with Crippen LogP contribution in [0.3, 0.4) is 0 Å². The minimum absolute atomic E-state index is 0.122. The Hall–Kier alpha value is -1.23. The van der Waals surface area contributed by atoms with Crippen molar-refractivity contribution in [2.45, 2.75) is 20.0 Å². The topological polar surface area (TPSA) is 59.1 Å². The fourth-order valence-corrected chi connectivity index (χ4v) is 1.07. The molecule has 0 radical (unpaired) electrons. The van der Waals surface area contributed by atoms with Gasteiger partial charge in [-0.1, -0.05) is 0 Å². The zero-order chi connectivity index (χ0) is 10.0. The normalized spacial score (nSPS) is 10.8. The highest BCUT2D eigenvalue weighted by atomic mass is 19.3. The number of aliphatic hydroxyl groups is 1. The molecule has 0 atom stereocenters. The Morgan fingerprint density at radius 2 is 2.23 bits per heavy atom. The zero-order valence-corrected chi connectivity index (χ0v) is 7.09. The summed E-state index contributed by atoms with van der Waals surface area (Å²) in [5, 5.41) is 8.80. The fourth-order valence-electron chi connectivity index (χ4n) is 1.07. The molecule has 1 aromatic rings. The van der Waals surface area contributed by atoms with Crippen LogP contribution in [0.1, 0.15) is 23.4 Å². The molecule has 0 bridgehead atoms. The van der Waals surface area contributed by atoms with Gasteiger partial charge in [-0.3, -0.25) is 0 Å². The molecule has 1 aromatic heterocycles. The lowest BCUT2D eigenvalue weighted by Crippen LogP contribution is -2.04. The SMILES string of the molecule is Cc1cc(CO)c(N)c(C(F)F)n1. The standard InChI is InChI=1S/C8H10F2N2O/c1-4-2-5(3-13)6(11)7(12-4)8(9)10/h2,8,13H,3,11H2,1H3. The second-order valence-electron chi connectivity index (χ2n) is 2.68. The van der Waals surface area contributed by atoms with E-state index in [1.807, 2.05) is 0 Å². The van der Waals surface area contributed by atoms with Gasteiger partial charge in [0.15, 0.2) is 0 Å². The van der Waals surface area contributed by atoms with Gasteiger partial charge in [-0.05, 0) is 13.0 Å². The second kappa shape index (κ2) is 3.66. The molecular weight excluding hydrogens is 178 g/mol. The summed E-state index contributed by atoms with van der Waals surface area (Å²) >= 11 is 0. The van der Waals surface area contributed by atoms with E-state index in [2.05, 4.69) is 4.98 Å². The number of aryl methyl sites for hydroxylation is 1. The summed E-state index contributed by atoms with van der Waals surface area (Å²) in [6, 6.07) is 1.49. The summed E-state index contributed by atoms with van der Waals surface area (Å²) in [6.45, 7) is 1.22. The summed E-state index contributed by atoms with van der Waals surface area (Å²) in [6.07, 6.45) is -2.70. The van der Waals surface area contributed by atoms with E-state index >= 15 is 0 Å². The van der Waals surface area contributed by atoms with E-state index in [1.165, 1.54) is 6.07 Å². The van der Waals surface area contributed by atoms with Gasteiger partial charge in [0.25, 0.3) is 6.43 Å². The van der Waals surface area contributed by atoms with Crippen molar-refractivity contribution in [3.8, 4) is 0 Å². The molecule has 72 valence electrons. The molecule has 13 heavy (non-hydrogen) atoms. The predicted molar refractivity (Wildman–Crippen MR) is 44.3 cm³/mol. The van der Waals surface area contributed by atoms with Crippen LogP contribution in [0.5, 0.6) is 0 Å². The Labute approximate surface area is 74.2 Å². The maximum Gasteiger partial charge on any atom is 0.282 e. The molecule has 5 heteroatoms. The van der Waals surface area contributed by atoms with Gasteiger partial charge < -0.3 is 10.8 Å². The van der Waals surface area contributed by atoms with Crippen molar-refractivity contribution >= 4 is 5.69 Å². The monoisotopic (exact) mass is 188 g/mol. The quantitative estimate of drug-likeness (QED) is 0.737. The van der Waals surface area contributed by atoms with Crippen LogP contribution in [-0.4, -0.2) is 10.1 Å². The number of nitrogens with two attached hydrogens (primary N) is 1. The summed E-state index contributed by atoms with van der Waals surface area (Å²) in [7, 11) is 0. The average Bonchev–Trinajstić information content (AvgIpc) is 2.08. The van der Waals surface area contributed by atoms with Crippen molar-refractivity contribution in [3.63, 3.8) is 0 Å². The largest absolute Gasteiger partial charge is 0.397 e. The summed E-state index contributed by atoms with van der Waals surface area (Å²) in [5.41, 5.74) is 5.50. The Morgan fingerprint density at radius 3 is 2.69 bits per heavy atom. The van der Waals surface area contributed by atoms with Crippen LogP contribution in [-0.2, 0) is 6.61 Å². The number of rotatable bonds is 2. The summed E-state index contributed by atoms with van der Waals surface area (Å²) in [5.74, 6) is 0. The maximum atomic E-state index is 12.3. The van der Waals surface area contributed by atoms with E-state index in [1.54, 1.807) is 6.92 Å². The van der Waals surface area contributed by atoms with Gasteiger partial charge in [0, 0.05) is 11.3 Å². The number of alkyl halides is 2. The molecule has 0 saturated heterocycles. The van der Waals surface area contributed by atoms with Crippen LogP contribution in [0.2, 0.25) is 0 Å². The molecule has 0 saturated carbocycles. The predicted octanol–water partition coefficient (Wildman–Crippen LogP) is 1.40. The lowest BCUT2D eigenvalue weighted by molar-refractivity contribution is 0.146. The number of aliphatic hydroxyl groups excluding tert-OH is 1. The van der Waals surface area contributed by atoms with Crippen LogP contribution in [0.4, 0.5) is 14.5 Å². The Balaban J connectivity index is 3.27. The van der Waals surface area contributed by atoms with Crippen LogP contribution < -0.4 is 5.73 Å². The molecule has 0 unspecified atom stereocenters. The van der Waals surface area contributed by atoms with Gasteiger partial charge >= 0.3 is 0 Å². The number of aromatic nitrogens is 1. The molecular formula is C8H10F2N2O. The van der Waals surface area contributed by atoms with Crippen LogP contribution in [0, 0.1) is 6.92 Å². The molecule has 0 aliphatic heterocycles. The first-order valence-electron chi connectivity index (χ1n) is 3.71. The molecule has 0 spiro atoms. The molecule has 0 aromatic carbocycles. The van der Waals surface area contributed by atoms with E-state index in [9.17, 15) is 8.78 Å². The van der Waals surface area contributed by atoms with Crippen molar-refractivity contribution in [1.82, 2.24) is 4.98 Å². The van der Waals surface area contributed by atoms with E-state index in [0.29, 0.717) is 11.3 Å². The number of hydrogen-bond donors (Lipinski definition) is 2. The smallest absolute Gasteiger partial charge is 0.282 e. The molecule has 1 heterocycles. The third-order valence-corrected chi connectivity index (χ3v) is 1.68. The van der Waals surface area contributed by atoms with Crippen molar-refractivity contribution < 1.29 is 13.9 Å². The lowest BCUT2D eigenvalue weighted by atomic mass is 10.1. The summed E-state index contributed by atoms with van der Waals surface area (Å²) < 4.78 is 24.6. The Kier molecular flexibility index (Phi) is 2.77. The molecule has 3 nitrogen and oxygen atoms in total. The fraction of sp³-hybridized carbons (Fsp3) is 0.375. The average molecular weight is 188 g/mol. The third kappa shape index (κ3) is 1.92. The van der Waals surface area contributed by atoms with Gasteiger partial charge in [-0.15, -0.1) is 0 Å². The number of halogens is 2. The minimum atomic E-state index is -2.70. The third-order valence-electron chi connectivity index (χ3n) is 1.68. The highest BCUT2D eigenvalue weighted by molar-refractivity contribution is 5.51. The molecule has 0 amide bonds. The van der Waals surface area contributed by atoms with Gasteiger partial charge in [-0.2, -0.15) is 0 Å². The Morgan fingerprint density at radius 1 is 1.62 bits per heavy atom. The van der Waals surface area contributed by atoms with Gasteiger partial charge in [0.05, 0.1) is 12.3 Å². The number of pyridine rings is 1. The van der Waals surface area contributed by atoms with E-state index in [0.717, 1.165) is 0 Å². The van der Waals surface area contributed by atoms with Crippen molar-refractivity contribution in [3.05, 3.63) is 23.0 Å². The number of hydrogen-bond acceptors (Lipinski definition) is 3. The van der Waals surface area contributed by atoms with Gasteiger partial charge in [0.2, 0.25) is 0 Å².